The third-order valence-corrected chi connectivity index (χ3v) is 4.23. The monoisotopic (exact) mass is 224 g/mol. The molecule has 2 saturated carbocycles. The molecule has 0 saturated heterocycles. The summed E-state index contributed by atoms with van der Waals surface area (Å²) in [6, 6.07) is 0. The topological polar surface area (TPSA) is 35.5 Å². The summed E-state index contributed by atoms with van der Waals surface area (Å²) in [6.45, 7) is -3.26. The molecule has 2 aliphatic carbocycles. The Kier molecular flexibility index (Phi) is 2.99. The molecule has 0 aromatic rings. The van der Waals surface area contributed by atoms with Gasteiger partial charge in [0, 0.05) is 11.2 Å². The van der Waals surface area contributed by atoms with E-state index in [1.807, 2.05) is 0 Å². The van der Waals surface area contributed by atoms with Crippen LogP contribution in [0.15, 0.2) is 0 Å². The van der Waals surface area contributed by atoms with Crippen LogP contribution in [0, 0.1) is 0 Å². The molecule has 2 rings (SSSR count). The van der Waals surface area contributed by atoms with Crippen molar-refractivity contribution < 1.29 is 13.6 Å². The Morgan fingerprint density at radius 2 is 1.38 bits per heavy atom. The molecule has 0 unspecified atom stereocenters. The molecule has 0 aromatic heterocycles. The van der Waals surface area contributed by atoms with Crippen molar-refractivity contribution in [3.63, 3.8) is 0 Å². The molecular formula is C8H14ClO3P. The SMILES string of the molecule is O=P(Cl)(OC1CCC1)OC1CCC1. The molecule has 0 bridgehead atoms. The lowest BCUT2D eigenvalue weighted by Crippen LogP contribution is -2.23. The van der Waals surface area contributed by atoms with E-state index in [0.717, 1.165) is 38.5 Å². The van der Waals surface area contributed by atoms with Crippen LogP contribution in [0.1, 0.15) is 38.5 Å². The molecule has 2 fully saturated rings. The maximum Gasteiger partial charge on any atom is 0.424 e. The van der Waals surface area contributed by atoms with Gasteiger partial charge in [0.15, 0.2) is 0 Å². The van der Waals surface area contributed by atoms with E-state index in [9.17, 15) is 4.57 Å². The van der Waals surface area contributed by atoms with Crippen LogP contribution in [-0.2, 0) is 13.6 Å². The summed E-state index contributed by atoms with van der Waals surface area (Å²) in [5.41, 5.74) is 0. The molecule has 0 radical (unpaired) electrons. The highest BCUT2D eigenvalue weighted by molar-refractivity contribution is 7.81. The zero-order chi connectivity index (χ0) is 9.31. The summed E-state index contributed by atoms with van der Waals surface area (Å²) in [4.78, 5) is 0. The van der Waals surface area contributed by atoms with E-state index in [0.29, 0.717) is 0 Å². The molecule has 0 aromatic carbocycles. The molecule has 0 N–H and O–H groups in total. The van der Waals surface area contributed by atoms with Gasteiger partial charge >= 0.3 is 6.95 Å². The third-order valence-electron chi connectivity index (χ3n) is 2.65. The Morgan fingerprint density at radius 1 is 1.00 bits per heavy atom. The minimum absolute atomic E-state index is 0.0726. The van der Waals surface area contributed by atoms with E-state index < -0.39 is 6.95 Å². The van der Waals surface area contributed by atoms with Crippen LogP contribution < -0.4 is 0 Å². The molecule has 0 aliphatic heterocycles. The fourth-order valence-electron chi connectivity index (χ4n) is 1.33. The second-order valence-electron chi connectivity index (χ2n) is 3.75. The van der Waals surface area contributed by atoms with Gasteiger partial charge < -0.3 is 0 Å². The average Bonchev–Trinajstić information content (AvgIpc) is 1.90. The van der Waals surface area contributed by atoms with Crippen LogP contribution in [-0.4, -0.2) is 12.2 Å². The van der Waals surface area contributed by atoms with Crippen LogP contribution in [0.4, 0.5) is 0 Å². The number of hydrogen-bond acceptors (Lipinski definition) is 3. The minimum atomic E-state index is -3.26. The Hall–Kier alpha value is 0.440. The van der Waals surface area contributed by atoms with Crippen molar-refractivity contribution in [1.82, 2.24) is 0 Å². The molecule has 3 nitrogen and oxygen atoms in total. The van der Waals surface area contributed by atoms with Crippen LogP contribution in [0.3, 0.4) is 0 Å². The van der Waals surface area contributed by atoms with Crippen molar-refractivity contribution in [2.75, 3.05) is 0 Å². The quantitative estimate of drug-likeness (QED) is 0.686. The first-order valence-corrected chi connectivity index (χ1v) is 7.27. The second kappa shape index (κ2) is 3.90. The Labute approximate surface area is 83.1 Å². The predicted molar refractivity (Wildman–Crippen MR) is 50.9 cm³/mol. The molecule has 13 heavy (non-hydrogen) atoms. The van der Waals surface area contributed by atoms with Crippen LogP contribution >= 0.6 is 18.2 Å². The first-order chi connectivity index (χ1) is 6.16. The van der Waals surface area contributed by atoms with Crippen LogP contribution in [0.25, 0.3) is 0 Å². The van der Waals surface area contributed by atoms with Crippen LogP contribution in [0.5, 0.6) is 0 Å². The van der Waals surface area contributed by atoms with Gasteiger partial charge in [-0.2, -0.15) is 0 Å². The standard InChI is InChI=1S/C8H14ClO3P/c9-13(10,11-7-3-1-4-7)12-8-5-2-6-8/h7-8H,1-6H2. The fourth-order valence-corrected chi connectivity index (χ4v) is 3.19. The predicted octanol–water partition coefficient (Wildman–Crippen LogP) is 3.47. The van der Waals surface area contributed by atoms with Crippen LogP contribution in [0.2, 0.25) is 0 Å². The zero-order valence-corrected chi connectivity index (χ0v) is 9.10. The smallest absolute Gasteiger partial charge is 0.294 e. The molecule has 5 heteroatoms. The number of hydrogen-bond donors (Lipinski definition) is 0. The molecule has 2 aliphatic rings. The summed E-state index contributed by atoms with van der Waals surface area (Å²) in [5, 5.41) is 0. The van der Waals surface area contributed by atoms with Crippen molar-refractivity contribution in [2.24, 2.45) is 0 Å². The lowest BCUT2D eigenvalue weighted by atomic mass is 9.97. The lowest BCUT2D eigenvalue weighted by molar-refractivity contribution is 0.0572. The summed E-state index contributed by atoms with van der Waals surface area (Å²) in [6.07, 6.45) is 6.28. The summed E-state index contributed by atoms with van der Waals surface area (Å²) in [5.74, 6) is 0. The largest absolute Gasteiger partial charge is 0.424 e. The molecule has 0 atom stereocenters. The highest BCUT2D eigenvalue weighted by atomic mass is 35.7. The minimum Gasteiger partial charge on any atom is -0.294 e. The van der Waals surface area contributed by atoms with E-state index >= 15 is 0 Å². The average molecular weight is 225 g/mol. The van der Waals surface area contributed by atoms with E-state index in [2.05, 4.69) is 0 Å². The van der Waals surface area contributed by atoms with Gasteiger partial charge in [0.1, 0.15) is 0 Å². The van der Waals surface area contributed by atoms with Crippen molar-refractivity contribution >= 4 is 18.2 Å². The molecule has 0 heterocycles. The lowest BCUT2D eigenvalue weighted by Gasteiger charge is -2.31. The van der Waals surface area contributed by atoms with Gasteiger partial charge in [-0.1, -0.05) is 0 Å². The van der Waals surface area contributed by atoms with Crippen molar-refractivity contribution in [1.29, 1.82) is 0 Å². The third kappa shape index (κ3) is 2.69. The van der Waals surface area contributed by atoms with E-state index in [1.165, 1.54) is 0 Å². The van der Waals surface area contributed by atoms with E-state index in [4.69, 9.17) is 20.3 Å². The maximum absolute atomic E-state index is 11.5. The number of halogens is 1. The Bertz CT molecular complexity index is 205. The van der Waals surface area contributed by atoms with Gasteiger partial charge in [0.05, 0.1) is 12.2 Å². The van der Waals surface area contributed by atoms with E-state index in [1.54, 1.807) is 0 Å². The summed E-state index contributed by atoms with van der Waals surface area (Å²) < 4.78 is 21.9. The van der Waals surface area contributed by atoms with E-state index in [-0.39, 0.29) is 12.2 Å². The fraction of sp³-hybridized carbons (Fsp3) is 1.00. The zero-order valence-electron chi connectivity index (χ0n) is 7.45. The van der Waals surface area contributed by atoms with Crippen molar-refractivity contribution in [3.8, 4) is 0 Å². The summed E-state index contributed by atoms with van der Waals surface area (Å²) in [7, 11) is 0. The number of rotatable bonds is 4. The molecule has 76 valence electrons. The van der Waals surface area contributed by atoms with Gasteiger partial charge in [-0.25, -0.2) is 4.57 Å². The van der Waals surface area contributed by atoms with Gasteiger partial charge in [-0.3, -0.25) is 9.05 Å². The first kappa shape index (κ1) is 9.97. The second-order valence-corrected chi connectivity index (χ2v) is 6.27. The van der Waals surface area contributed by atoms with Gasteiger partial charge in [-0.05, 0) is 38.5 Å². The Balaban J connectivity index is 1.76. The molecule has 0 amide bonds. The van der Waals surface area contributed by atoms with Crippen molar-refractivity contribution in [2.45, 2.75) is 50.7 Å². The van der Waals surface area contributed by atoms with Gasteiger partial charge in [-0.15, -0.1) is 0 Å². The van der Waals surface area contributed by atoms with Gasteiger partial charge in [0.25, 0.3) is 0 Å². The summed E-state index contributed by atoms with van der Waals surface area (Å²) >= 11 is 5.66. The molecular weight excluding hydrogens is 211 g/mol. The van der Waals surface area contributed by atoms with Crippen molar-refractivity contribution in [3.05, 3.63) is 0 Å². The first-order valence-electron chi connectivity index (χ1n) is 4.82. The molecule has 0 spiro atoms. The maximum atomic E-state index is 11.5. The Morgan fingerprint density at radius 3 is 1.62 bits per heavy atom. The van der Waals surface area contributed by atoms with Gasteiger partial charge in [0.2, 0.25) is 0 Å². The normalized spacial score (nSPS) is 25.3. The highest BCUT2D eigenvalue weighted by Crippen LogP contribution is 2.58. The highest BCUT2D eigenvalue weighted by Gasteiger charge is 2.34.